The molecular weight excluding hydrogens is 408 g/mol. The van der Waals surface area contributed by atoms with Crippen molar-refractivity contribution in [2.24, 2.45) is 5.92 Å². The second kappa shape index (κ2) is 8.70. The van der Waals surface area contributed by atoms with E-state index in [-0.39, 0.29) is 22.9 Å². The number of aromatic amines is 1. The van der Waals surface area contributed by atoms with Gasteiger partial charge in [0.25, 0.3) is 11.2 Å². The number of H-pyrrole nitrogens is 1. The van der Waals surface area contributed by atoms with E-state index in [2.05, 4.69) is 21.9 Å². The zero-order chi connectivity index (χ0) is 22.0. The fourth-order valence-electron chi connectivity index (χ4n) is 3.39. The van der Waals surface area contributed by atoms with Gasteiger partial charge in [-0.2, -0.15) is 0 Å². The number of rotatable bonds is 6. The summed E-state index contributed by atoms with van der Waals surface area (Å²) in [6, 6.07) is 5.76. The molecule has 158 valence electrons. The Morgan fingerprint density at radius 2 is 2.03 bits per heavy atom. The molecule has 0 saturated heterocycles. The number of esters is 1. The quantitative estimate of drug-likeness (QED) is 0.235. The molecule has 2 N–H and O–H groups in total. The van der Waals surface area contributed by atoms with Crippen LogP contribution in [-0.2, 0) is 9.53 Å². The number of benzene rings is 1. The molecule has 0 amide bonds. The van der Waals surface area contributed by atoms with Crippen molar-refractivity contribution in [1.29, 1.82) is 0 Å². The van der Waals surface area contributed by atoms with Crippen LogP contribution in [0.3, 0.4) is 0 Å². The van der Waals surface area contributed by atoms with E-state index in [9.17, 15) is 19.7 Å². The lowest BCUT2D eigenvalue weighted by atomic mass is 9.77. The smallest absolute Gasteiger partial charge is 0.316 e. The van der Waals surface area contributed by atoms with Gasteiger partial charge in [-0.05, 0) is 25.2 Å². The van der Waals surface area contributed by atoms with E-state index < -0.39 is 22.7 Å². The second-order valence-corrected chi connectivity index (χ2v) is 8.26. The van der Waals surface area contributed by atoms with Crippen LogP contribution in [0, 0.1) is 16.0 Å². The number of carbonyl (C=O) groups is 1. The SMILES string of the molecule is C=C1Nc2nc(SCC)[nH]c(=O)c2[C@H](c2ccc([N+](=O)[O-])cc2)[C@H]1C(=O)OC(C)C. The van der Waals surface area contributed by atoms with Crippen molar-refractivity contribution >= 4 is 29.2 Å². The van der Waals surface area contributed by atoms with Crippen molar-refractivity contribution in [3.8, 4) is 0 Å². The Morgan fingerprint density at radius 3 is 2.60 bits per heavy atom. The zero-order valence-corrected chi connectivity index (χ0v) is 17.6. The number of nitro groups is 1. The van der Waals surface area contributed by atoms with Crippen molar-refractivity contribution in [3.63, 3.8) is 0 Å². The second-order valence-electron chi connectivity index (χ2n) is 7.01. The Hall–Kier alpha value is -3.14. The average Bonchev–Trinajstić information content (AvgIpc) is 2.66. The minimum atomic E-state index is -0.895. The highest BCUT2D eigenvalue weighted by molar-refractivity contribution is 7.99. The summed E-state index contributed by atoms with van der Waals surface area (Å²) in [5.41, 5.74) is 0.694. The summed E-state index contributed by atoms with van der Waals surface area (Å²) >= 11 is 1.38. The van der Waals surface area contributed by atoms with Crippen LogP contribution in [0.15, 0.2) is 46.5 Å². The highest BCUT2D eigenvalue weighted by Gasteiger charge is 2.42. The number of nitro benzene ring substituents is 1. The number of non-ortho nitro benzene ring substituents is 1. The molecule has 0 saturated carbocycles. The van der Waals surface area contributed by atoms with Crippen molar-refractivity contribution in [1.82, 2.24) is 9.97 Å². The van der Waals surface area contributed by atoms with E-state index in [1.807, 2.05) is 6.92 Å². The molecule has 2 aromatic rings. The number of anilines is 1. The first-order chi connectivity index (χ1) is 14.2. The largest absolute Gasteiger partial charge is 0.462 e. The summed E-state index contributed by atoms with van der Waals surface area (Å²) in [5, 5.41) is 14.5. The normalized spacial score (nSPS) is 17.9. The summed E-state index contributed by atoms with van der Waals surface area (Å²) in [6.45, 7) is 9.37. The molecule has 2 heterocycles. The summed E-state index contributed by atoms with van der Waals surface area (Å²) in [5.74, 6) is -1.15. The van der Waals surface area contributed by atoms with Crippen LogP contribution in [0.1, 0.15) is 37.8 Å². The Kier molecular flexibility index (Phi) is 6.25. The van der Waals surface area contributed by atoms with Crippen LogP contribution in [0.5, 0.6) is 0 Å². The minimum Gasteiger partial charge on any atom is -0.462 e. The van der Waals surface area contributed by atoms with Crippen LogP contribution >= 0.6 is 11.8 Å². The third-order valence-electron chi connectivity index (χ3n) is 4.58. The Balaban J connectivity index is 2.18. The minimum absolute atomic E-state index is 0.0882. The lowest BCUT2D eigenvalue weighted by Crippen LogP contribution is -2.38. The maximum atomic E-state index is 13.0. The number of carbonyl (C=O) groups excluding carboxylic acids is 1. The first-order valence-corrected chi connectivity index (χ1v) is 10.4. The number of hydrogen-bond donors (Lipinski definition) is 2. The van der Waals surface area contributed by atoms with Gasteiger partial charge in [0.2, 0.25) is 0 Å². The predicted molar refractivity (Wildman–Crippen MR) is 114 cm³/mol. The average molecular weight is 430 g/mol. The summed E-state index contributed by atoms with van der Waals surface area (Å²) in [7, 11) is 0. The topological polar surface area (TPSA) is 127 Å². The molecule has 0 fully saturated rings. The van der Waals surface area contributed by atoms with Gasteiger partial charge < -0.3 is 15.0 Å². The summed E-state index contributed by atoms with van der Waals surface area (Å²) in [4.78, 5) is 43.6. The Labute approximate surface area is 177 Å². The predicted octanol–water partition coefficient (Wildman–Crippen LogP) is 3.43. The molecule has 0 bridgehead atoms. The monoisotopic (exact) mass is 430 g/mol. The summed E-state index contributed by atoms with van der Waals surface area (Å²) in [6.07, 6.45) is -0.357. The van der Waals surface area contributed by atoms with E-state index in [1.165, 1.54) is 36.0 Å². The van der Waals surface area contributed by atoms with Crippen LogP contribution in [0.25, 0.3) is 0 Å². The van der Waals surface area contributed by atoms with Crippen molar-refractivity contribution in [2.75, 3.05) is 11.1 Å². The molecule has 10 heteroatoms. The first kappa shape index (κ1) is 21.6. The van der Waals surface area contributed by atoms with E-state index in [0.717, 1.165) is 5.75 Å². The number of hydrogen-bond acceptors (Lipinski definition) is 8. The first-order valence-electron chi connectivity index (χ1n) is 9.40. The number of ether oxygens (including phenoxy) is 1. The molecule has 0 radical (unpaired) electrons. The van der Waals surface area contributed by atoms with E-state index in [0.29, 0.717) is 22.2 Å². The van der Waals surface area contributed by atoms with Crippen LogP contribution in [0.2, 0.25) is 0 Å². The maximum Gasteiger partial charge on any atom is 0.316 e. The third-order valence-corrected chi connectivity index (χ3v) is 5.34. The highest BCUT2D eigenvalue weighted by Crippen LogP contribution is 2.42. The van der Waals surface area contributed by atoms with E-state index >= 15 is 0 Å². The fraction of sp³-hybridized carbons (Fsp3) is 0.350. The highest BCUT2D eigenvalue weighted by atomic mass is 32.2. The molecule has 1 aromatic carbocycles. The molecule has 0 aliphatic carbocycles. The van der Waals surface area contributed by atoms with Gasteiger partial charge in [-0.25, -0.2) is 4.98 Å². The number of nitrogens with one attached hydrogen (secondary N) is 2. The van der Waals surface area contributed by atoms with Gasteiger partial charge >= 0.3 is 5.97 Å². The molecule has 0 spiro atoms. The number of aromatic nitrogens is 2. The van der Waals surface area contributed by atoms with Gasteiger partial charge in [-0.1, -0.05) is 37.4 Å². The Morgan fingerprint density at radius 1 is 1.37 bits per heavy atom. The fourth-order valence-corrected chi connectivity index (χ4v) is 3.99. The molecule has 30 heavy (non-hydrogen) atoms. The van der Waals surface area contributed by atoms with Crippen LogP contribution in [0.4, 0.5) is 11.5 Å². The number of nitrogens with zero attached hydrogens (tertiary/aromatic N) is 2. The number of fused-ring (bicyclic) bond motifs is 1. The van der Waals surface area contributed by atoms with Gasteiger partial charge in [0.15, 0.2) is 5.16 Å². The molecule has 1 aliphatic rings. The van der Waals surface area contributed by atoms with Crippen LogP contribution in [-0.4, -0.2) is 32.7 Å². The molecular formula is C20H22N4O5S. The lowest BCUT2D eigenvalue weighted by Gasteiger charge is -2.34. The standard InChI is InChI=1S/C20H22N4O5S/c1-5-30-20-22-17-16(18(25)23-20)15(12-6-8-13(9-7-12)24(27)28)14(11(4)21-17)19(26)29-10(2)3/h6-10,14-15H,4-5H2,1-3H3,(H2,21,22,23,25)/t14-,15+/m0/s1. The van der Waals surface area contributed by atoms with Crippen molar-refractivity contribution in [2.45, 2.75) is 37.9 Å². The van der Waals surface area contributed by atoms with E-state index in [1.54, 1.807) is 13.8 Å². The van der Waals surface area contributed by atoms with Crippen LogP contribution < -0.4 is 10.9 Å². The Bertz CT molecular complexity index is 1050. The van der Waals surface area contributed by atoms with Gasteiger partial charge in [-0.3, -0.25) is 19.7 Å². The van der Waals surface area contributed by atoms with Crippen molar-refractivity contribution < 1.29 is 14.5 Å². The maximum absolute atomic E-state index is 13.0. The molecule has 1 aromatic heterocycles. The molecule has 9 nitrogen and oxygen atoms in total. The van der Waals surface area contributed by atoms with Gasteiger partial charge in [0.05, 0.1) is 16.6 Å². The van der Waals surface area contributed by atoms with Gasteiger partial charge in [-0.15, -0.1) is 0 Å². The molecule has 2 atom stereocenters. The number of thioether (sulfide) groups is 1. The zero-order valence-electron chi connectivity index (χ0n) is 16.8. The summed E-state index contributed by atoms with van der Waals surface area (Å²) < 4.78 is 5.41. The van der Waals surface area contributed by atoms with Gasteiger partial charge in [0, 0.05) is 23.7 Å². The van der Waals surface area contributed by atoms with E-state index in [4.69, 9.17) is 4.74 Å². The molecule has 0 unspecified atom stereocenters. The third kappa shape index (κ3) is 4.23. The lowest BCUT2D eigenvalue weighted by molar-refractivity contribution is -0.384. The van der Waals surface area contributed by atoms with Crippen molar-refractivity contribution in [3.05, 3.63) is 68.1 Å². The van der Waals surface area contributed by atoms with Gasteiger partial charge in [0.1, 0.15) is 11.7 Å². The molecule has 1 aliphatic heterocycles. The molecule has 3 rings (SSSR count).